The van der Waals surface area contributed by atoms with Crippen molar-refractivity contribution < 1.29 is 0 Å². The van der Waals surface area contributed by atoms with Crippen molar-refractivity contribution in [3.05, 3.63) is 52.0 Å². The Morgan fingerprint density at radius 1 is 1.26 bits per heavy atom. The zero-order chi connectivity index (χ0) is 13.3. The number of thiazole rings is 1. The molecule has 100 valence electrons. The van der Waals surface area contributed by atoms with E-state index in [0.717, 1.165) is 17.1 Å². The van der Waals surface area contributed by atoms with Crippen molar-refractivity contribution in [3.8, 4) is 0 Å². The van der Waals surface area contributed by atoms with Gasteiger partial charge in [-0.05, 0) is 25.3 Å². The number of nitrogens with two attached hydrogens (primary N) is 1. The fourth-order valence-electron chi connectivity index (χ4n) is 3.17. The van der Waals surface area contributed by atoms with E-state index in [-0.39, 0.29) is 5.54 Å². The lowest BCUT2D eigenvalue weighted by molar-refractivity contribution is 0.253. The number of aromatic nitrogens is 1. The molecule has 0 saturated heterocycles. The molecule has 3 heteroatoms. The summed E-state index contributed by atoms with van der Waals surface area (Å²) in [5.74, 6) is 0.396. The third kappa shape index (κ3) is 2.33. The van der Waals surface area contributed by atoms with E-state index in [1.807, 2.05) is 6.92 Å². The molecule has 2 N–H and O–H groups in total. The summed E-state index contributed by atoms with van der Waals surface area (Å²) in [6, 6.07) is 10.7. The highest BCUT2D eigenvalue weighted by atomic mass is 32.1. The molecule has 2 aromatic rings. The van der Waals surface area contributed by atoms with Gasteiger partial charge in [0.15, 0.2) is 0 Å². The molecule has 1 aliphatic rings. The maximum absolute atomic E-state index is 6.82. The number of nitrogens with zero attached hydrogens (tertiary/aromatic N) is 1. The van der Waals surface area contributed by atoms with Gasteiger partial charge in [0, 0.05) is 17.0 Å². The second kappa shape index (κ2) is 5.06. The molecule has 3 rings (SSSR count). The molecule has 0 spiro atoms. The lowest BCUT2D eigenvalue weighted by Crippen LogP contribution is -2.44. The first-order valence-electron chi connectivity index (χ1n) is 6.96. The Kier molecular flexibility index (Phi) is 3.42. The van der Waals surface area contributed by atoms with Crippen molar-refractivity contribution in [2.24, 2.45) is 5.73 Å². The fourth-order valence-corrected chi connectivity index (χ4v) is 4.17. The predicted octanol–water partition coefficient (Wildman–Crippen LogP) is 3.96. The summed E-state index contributed by atoms with van der Waals surface area (Å²) in [6.45, 7) is 2.05. The van der Waals surface area contributed by atoms with E-state index in [1.54, 1.807) is 11.3 Å². The Bertz CT molecular complexity index is 549. The van der Waals surface area contributed by atoms with E-state index in [4.69, 9.17) is 5.73 Å². The van der Waals surface area contributed by atoms with E-state index in [1.165, 1.54) is 24.8 Å². The molecular weight excluding hydrogens is 252 g/mol. The fraction of sp³-hybridized carbons (Fsp3) is 0.438. The lowest BCUT2D eigenvalue weighted by Gasteiger charge is -2.40. The Hall–Kier alpha value is -1.19. The minimum Gasteiger partial charge on any atom is -0.319 e. The molecule has 19 heavy (non-hydrogen) atoms. The van der Waals surface area contributed by atoms with Gasteiger partial charge in [0.25, 0.3) is 0 Å². The summed E-state index contributed by atoms with van der Waals surface area (Å²) in [5.41, 5.74) is 8.98. The molecule has 2 atom stereocenters. The van der Waals surface area contributed by atoms with E-state index in [0.29, 0.717) is 5.92 Å². The van der Waals surface area contributed by atoms with Gasteiger partial charge in [-0.2, -0.15) is 0 Å². The van der Waals surface area contributed by atoms with Crippen molar-refractivity contribution in [2.75, 3.05) is 0 Å². The van der Waals surface area contributed by atoms with E-state index in [9.17, 15) is 0 Å². The first kappa shape index (κ1) is 12.8. The summed E-state index contributed by atoms with van der Waals surface area (Å²) < 4.78 is 0. The molecule has 0 radical (unpaired) electrons. The average Bonchev–Trinajstić information content (AvgIpc) is 2.88. The number of aryl methyl sites for hydroxylation is 1. The summed E-state index contributed by atoms with van der Waals surface area (Å²) in [6.07, 6.45) is 4.68. The van der Waals surface area contributed by atoms with Gasteiger partial charge in [0.1, 0.15) is 5.01 Å². The Labute approximate surface area is 118 Å². The summed E-state index contributed by atoms with van der Waals surface area (Å²) in [4.78, 5) is 4.68. The summed E-state index contributed by atoms with van der Waals surface area (Å²) >= 11 is 1.72. The van der Waals surface area contributed by atoms with Crippen LogP contribution in [0.4, 0.5) is 0 Å². The van der Waals surface area contributed by atoms with Crippen LogP contribution >= 0.6 is 11.3 Å². The first-order chi connectivity index (χ1) is 9.20. The van der Waals surface area contributed by atoms with Crippen LogP contribution in [0.15, 0.2) is 35.7 Å². The van der Waals surface area contributed by atoms with Crippen molar-refractivity contribution in [1.29, 1.82) is 0 Å². The van der Waals surface area contributed by atoms with Crippen molar-refractivity contribution in [1.82, 2.24) is 4.98 Å². The van der Waals surface area contributed by atoms with Crippen LogP contribution in [0.3, 0.4) is 0 Å². The van der Waals surface area contributed by atoms with Crippen molar-refractivity contribution in [3.63, 3.8) is 0 Å². The minimum atomic E-state index is -0.279. The van der Waals surface area contributed by atoms with Crippen LogP contribution in [0, 0.1) is 6.92 Å². The molecule has 0 bridgehead atoms. The quantitative estimate of drug-likeness (QED) is 0.898. The Balaban J connectivity index is 2.01. The maximum Gasteiger partial charge on any atom is 0.113 e. The standard InChI is InChI=1S/C16H20N2S/c1-12-11-19-15(18-12)16(17)10-6-5-9-14(16)13-7-3-2-4-8-13/h2-4,7-8,11,14H,5-6,9-10,17H2,1H3. The predicted molar refractivity (Wildman–Crippen MR) is 80.4 cm³/mol. The van der Waals surface area contributed by atoms with Crippen LogP contribution in [0.25, 0.3) is 0 Å². The Morgan fingerprint density at radius 2 is 2.05 bits per heavy atom. The molecule has 1 heterocycles. The van der Waals surface area contributed by atoms with Crippen LogP contribution in [0.5, 0.6) is 0 Å². The summed E-state index contributed by atoms with van der Waals surface area (Å²) in [7, 11) is 0. The summed E-state index contributed by atoms with van der Waals surface area (Å²) in [5, 5.41) is 3.22. The van der Waals surface area contributed by atoms with Crippen molar-refractivity contribution in [2.45, 2.75) is 44.1 Å². The van der Waals surface area contributed by atoms with Gasteiger partial charge in [-0.3, -0.25) is 0 Å². The minimum absolute atomic E-state index is 0.279. The highest BCUT2D eigenvalue weighted by Crippen LogP contribution is 2.46. The van der Waals surface area contributed by atoms with Crippen LogP contribution in [-0.2, 0) is 5.54 Å². The van der Waals surface area contributed by atoms with E-state index in [2.05, 4.69) is 40.7 Å². The van der Waals surface area contributed by atoms with Crippen LogP contribution < -0.4 is 5.73 Å². The molecule has 2 unspecified atom stereocenters. The van der Waals surface area contributed by atoms with Gasteiger partial charge < -0.3 is 5.73 Å². The van der Waals surface area contributed by atoms with Gasteiger partial charge in [-0.1, -0.05) is 43.2 Å². The van der Waals surface area contributed by atoms with Crippen LogP contribution in [-0.4, -0.2) is 4.98 Å². The highest BCUT2D eigenvalue weighted by Gasteiger charge is 2.41. The third-order valence-corrected chi connectivity index (χ3v) is 5.33. The monoisotopic (exact) mass is 272 g/mol. The van der Waals surface area contributed by atoms with Gasteiger partial charge in [0.05, 0.1) is 5.54 Å². The lowest BCUT2D eigenvalue weighted by atomic mass is 9.70. The number of hydrogen-bond donors (Lipinski definition) is 1. The Morgan fingerprint density at radius 3 is 2.74 bits per heavy atom. The molecule has 1 aliphatic carbocycles. The number of benzene rings is 1. The van der Waals surface area contributed by atoms with E-state index < -0.39 is 0 Å². The smallest absolute Gasteiger partial charge is 0.113 e. The highest BCUT2D eigenvalue weighted by molar-refractivity contribution is 7.09. The molecule has 1 aromatic carbocycles. The van der Waals surface area contributed by atoms with Gasteiger partial charge >= 0.3 is 0 Å². The molecule has 1 fully saturated rings. The third-order valence-electron chi connectivity index (χ3n) is 4.17. The molecule has 1 aromatic heterocycles. The van der Waals surface area contributed by atoms with Gasteiger partial charge in [-0.15, -0.1) is 11.3 Å². The van der Waals surface area contributed by atoms with Crippen molar-refractivity contribution >= 4 is 11.3 Å². The number of rotatable bonds is 2. The maximum atomic E-state index is 6.82. The molecule has 2 nitrogen and oxygen atoms in total. The first-order valence-corrected chi connectivity index (χ1v) is 7.84. The molecule has 1 saturated carbocycles. The zero-order valence-electron chi connectivity index (χ0n) is 11.3. The SMILES string of the molecule is Cc1csc(C2(N)CCCCC2c2ccccc2)n1. The van der Waals surface area contributed by atoms with Crippen LogP contribution in [0.1, 0.15) is 47.9 Å². The second-order valence-electron chi connectivity index (χ2n) is 5.54. The van der Waals surface area contributed by atoms with Gasteiger partial charge in [0.2, 0.25) is 0 Å². The topological polar surface area (TPSA) is 38.9 Å². The zero-order valence-corrected chi connectivity index (χ0v) is 12.1. The van der Waals surface area contributed by atoms with E-state index >= 15 is 0 Å². The molecular formula is C16H20N2S. The molecule has 0 aliphatic heterocycles. The number of hydrogen-bond acceptors (Lipinski definition) is 3. The molecule has 0 amide bonds. The largest absolute Gasteiger partial charge is 0.319 e. The second-order valence-corrected chi connectivity index (χ2v) is 6.40. The van der Waals surface area contributed by atoms with Gasteiger partial charge in [-0.25, -0.2) is 4.98 Å². The normalized spacial score (nSPS) is 27.4. The average molecular weight is 272 g/mol. The van der Waals surface area contributed by atoms with Crippen LogP contribution in [0.2, 0.25) is 0 Å².